The zero-order valence-electron chi connectivity index (χ0n) is 19.4. The van der Waals surface area contributed by atoms with Crippen molar-refractivity contribution in [1.82, 2.24) is 15.0 Å². The maximum atomic E-state index is 12.6. The highest BCUT2D eigenvalue weighted by Crippen LogP contribution is 2.29. The Kier molecular flexibility index (Phi) is 7.49. The van der Waals surface area contributed by atoms with Crippen LogP contribution in [0, 0.1) is 6.92 Å². The number of aryl methyl sites for hydroxylation is 1. The van der Waals surface area contributed by atoms with E-state index in [1.807, 2.05) is 0 Å². The summed E-state index contributed by atoms with van der Waals surface area (Å²) in [6, 6.07) is 7.92. The summed E-state index contributed by atoms with van der Waals surface area (Å²) in [7, 11) is 1.51. The molecule has 0 saturated carbocycles. The molecule has 4 amide bonds. The van der Waals surface area contributed by atoms with E-state index in [0.29, 0.717) is 22.2 Å². The zero-order chi connectivity index (χ0) is 24.9. The Bertz CT molecular complexity index is 1160. The molecule has 1 saturated heterocycles. The van der Waals surface area contributed by atoms with Crippen LogP contribution in [0.4, 0.5) is 11.5 Å². The van der Waals surface area contributed by atoms with Crippen LogP contribution in [0.15, 0.2) is 39.8 Å². The molecule has 4 rings (SSSR count). The number of thioether (sulfide) groups is 1. The third-order valence-corrected chi connectivity index (χ3v) is 6.73. The maximum Gasteiger partial charge on any atom is 0.262 e. The van der Waals surface area contributed by atoms with Crippen molar-refractivity contribution >= 4 is 52.1 Å². The average molecular weight is 499 g/mol. The molecular formula is C23H26N6O5S. The number of nitrogens with one attached hydrogen (secondary N) is 2. The number of anilines is 2. The molecule has 184 valence electrons. The minimum atomic E-state index is -0.521. The van der Waals surface area contributed by atoms with Gasteiger partial charge in [0.1, 0.15) is 11.0 Å². The van der Waals surface area contributed by atoms with Crippen LogP contribution in [0.25, 0.3) is 0 Å². The highest BCUT2D eigenvalue weighted by Gasteiger charge is 2.33. The summed E-state index contributed by atoms with van der Waals surface area (Å²) >= 11 is 1.34. The minimum Gasteiger partial charge on any atom is -0.360 e. The molecule has 0 bridgehead atoms. The molecule has 1 atom stereocenters. The second kappa shape index (κ2) is 10.7. The van der Waals surface area contributed by atoms with Crippen LogP contribution >= 0.6 is 11.8 Å². The van der Waals surface area contributed by atoms with Gasteiger partial charge >= 0.3 is 0 Å². The van der Waals surface area contributed by atoms with Gasteiger partial charge in [-0.15, -0.1) is 0 Å². The lowest BCUT2D eigenvalue weighted by Gasteiger charge is -2.17. The van der Waals surface area contributed by atoms with E-state index in [-0.39, 0.29) is 36.5 Å². The van der Waals surface area contributed by atoms with Crippen LogP contribution in [0.5, 0.6) is 0 Å². The first kappa shape index (κ1) is 24.5. The summed E-state index contributed by atoms with van der Waals surface area (Å²) in [6.45, 7) is 3.32. The molecule has 2 N–H and O–H groups in total. The molecule has 1 fully saturated rings. The number of likely N-dealkylation sites (N-methyl/N-ethyl adjacent to an activating group) is 1. The molecule has 2 aliphatic heterocycles. The molecule has 1 aromatic carbocycles. The number of aromatic nitrogens is 1. The molecule has 1 unspecified atom stereocenters. The van der Waals surface area contributed by atoms with Crippen molar-refractivity contribution in [2.75, 3.05) is 37.3 Å². The van der Waals surface area contributed by atoms with Crippen LogP contribution in [0.2, 0.25) is 0 Å². The Hall–Kier alpha value is -3.67. The average Bonchev–Trinajstić information content (AvgIpc) is 3.56. The summed E-state index contributed by atoms with van der Waals surface area (Å²) in [6.07, 6.45) is 2.19. The smallest absolute Gasteiger partial charge is 0.262 e. The Labute approximate surface area is 206 Å². The van der Waals surface area contributed by atoms with E-state index >= 15 is 0 Å². The van der Waals surface area contributed by atoms with Crippen molar-refractivity contribution in [3.63, 3.8) is 0 Å². The van der Waals surface area contributed by atoms with Gasteiger partial charge in [-0.2, -0.15) is 4.99 Å². The molecule has 35 heavy (non-hydrogen) atoms. The molecule has 0 radical (unpaired) electrons. The van der Waals surface area contributed by atoms with Gasteiger partial charge in [0.25, 0.3) is 11.8 Å². The molecular weight excluding hydrogens is 472 g/mol. The van der Waals surface area contributed by atoms with Gasteiger partial charge in [-0.25, -0.2) is 0 Å². The van der Waals surface area contributed by atoms with E-state index in [0.717, 1.165) is 25.9 Å². The Morgan fingerprint density at radius 2 is 1.86 bits per heavy atom. The summed E-state index contributed by atoms with van der Waals surface area (Å²) in [5, 5.41) is 9.19. The van der Waals surface area contributed by atoms with E-state index in [4.69, 9.17) is 4.52 Å². The fourth-order valence-corrected chi connectivity index (χ4v) is 4.86. The molecule has 3 heterocycles. The topological polar surface area (TPSA) is 137 Å². The third kappa shape index (κ3) is 6.27. The predicted octanol–water partition coefficient (Wildman–Crippen LogP) is 2.12. The number of amidine groups is 1. The largest absolute Gasteiger partial charge is 0.360 e. The normalized spacial score (nSPS) is 17.3. The highest BCUT2D eigenvalue weighted by molar-refractivity contribution is 8.15. The molecule has 12 heteroatoms. The van der Waals surface area contributed by atoms with E-state index < -0.39 is 11.2 Å². The first-order valence-electron chi connectivity index (χ1n) is 11.2. The summed E-state index contributed by atoms with van der Waals surface area (Å²) in [5.74, 6) is -0.498. The van der Waals surface area contributed by atoms with E-state index in [1.54, 1.807) is 37.3 Å². The third-order valence-electron chi connectivity index (χ3n) is 5.51. The molecule has 2 aliphatic rings. The number of carbonyl (C=O) groups excluding carboxylic acids is 4. The van der Waals surface area contributed by atoms with Crippen LogP contribution in [-0.4, -0.2) is 75.7 Å². The first-order valence-corrected chi connectivity index (χ1v) is 12.1. The highest BCUT2D eigenvalue weighted by atomic mass is 32.2. The maximum absolute atomic E-state index is 12.6. The monoisotopic (exact) mass is 498 g/mol. The first-order chi connectivity index (χ1) is 16.8. The standard InChI is InChI=1S/C23H26N6O5S/c1-14-11-18(27-34-14)25-20(31)13-28(2)22(33)15-5-7-16(8-6-15)24-19(30)12-17-21(32)26-23(35-17)29-9-3-4-10-29/h5-8,11,17H,3-4,9-10,12-13H2,1-2H3,(H,24,30)(H,25,27,31). The van der Waals surface area contributed by atoms with Crippen molar-refractivity contribution in [2.24, 2.45) is 4.99 Å². The number of amides is 4. The van der Waals surface area contributed by atoms with Gasteiger partial charge in [-0.05, 0) is 44.0 Å². The molecule has 11 nitrogen and oxygen atoms in total. The van der Waals surface area contributed by atoms with Crippen LogP contribution < -0.4 is 10.6 Å². The molecule has 0 aliphatic carbocycles. The summed E-state index contributed by atoms with van der Waals surface area (Å²) in [4.78, 5) is 56.9. The van der Waals surface area contributed by atoms with Gasteiger partial charge in [0.05, 0.1) is 6.54 Å². The lowest BCUT2D eigenvalue weighted by molar-refractivity contribution is -0.121. The summed E-state index contributed by atoms with van der Waals surface area (Å²) < 4.78 is 4.89. The Balaban J connectivity index is 1.25. The quantitative estimate of drug-likeness (QED) is 0.592. The van der Waals surface area contributed by atoms with Crippen molar-refractivity contribution in [3.05, 3.63) is 41.7 Å². The lowest BCUT2D eigenvalue weighted by atomic mass is 10.1. The number of nitrogens with zero attached hydrogens (tertiary/aromatic N) is 4. The number of hydrogen-bond donors (Lipinski definition) is 2. The van der Waals surface area contributed by atoms with Gasteiger partial charge in [0.15, 0.2) is 11.0 Å². The van der Waals surface area contributed by atoms with Crippen molar-refractivity contribution in [2.45, 2.75) is 31.4 Å². The number of carbonyl (C=O) groups is 4. The van der Waals surface area contributed by atoms with E-state index in [2.05, 4.69) is 25.7 Å². The van der Waals surface area contributed by atoms with E-state index in [9.17, 15) is 19.2 Å². The number of aliphatic imine (C=N–C) groups is 1. The molecule has 2 aromatic rings. The van der Waals surface area contributed by atoms with Crippen LogP contribution in [0.3, 0.4) is 0 Å². The SMILES string of the molecule is Cc1cc(NC(=O)CN(C)C(=O)c2ccc(NC(=O)CC3SC(N4CCCC4)=NC3=O)cc2)no1. The van der Waals surface area contributed by atoms with Gasteiger partial charge in [0, 0.05) is 43.9 Å². The molecule has 0 spiro atoms. The van der Waals surface area contributed by atoms with Gasteiger partial charge in [-0.3, -0.25) is 19.2 Å². The van der Waals surface area contributed by atoms with E-state index in [1.165, 1.54) is 23.7 Å². The van der Waals surface area contributed by atoms with Gasteiger partial charge < -0.3 is 25.0 Å². The fraction of sp³-hybridized carbons (Fsp3) is 0.391. The van der Waals surface area contributed by atoms with Crippen LogP contribution in [0.1, 0.15) is 35.4 Å². The minimum absolute atomic E-state index is 0.0217. The lowest BCUT2D eigenvalue weighted by Crippen LogP contribution is -2.35. The Morgan fingerprint density at radius 1 is 1.14 bits per heavy atom. The zero-order valence-corrected chi connectivity index (χ0v) is 20.3. The van der Waals surface area contributed by atoms with Crippen molar-refractivity contribution in [1.29, 1.82) is 0 Å². The second-order valence-corrected chi connectivity index (χ2v) is 9.56. The molecule has 1 aromatic heterocycles. The van der Waals surface area contributed by atoms with Crippen molar-refractivity contribution < 1.29 is 23.7 Å². The number of likely N-dealkylation sites (tertiary alicyclic amines) is 1. The van der Waals surface area contributed by atoms with Gasteiger partial charge in [-0.1, -0.05) is 16.9 Å². The number of hydrogen-bond acceptors (Lipinski definition) is 8. The Morgan fingerprint density at radius 3 is 2.51 bits per heavy atom. The van der Waals surface area contributed by atoms with Gasteiger partial charge in [0.2, 0.25) is 11.8 Å². The fourth-order valence-electron chi connectivity index (χ4n) is 3.74. The second-order valence-electron chi connectivity index (χ2n) is 8.40. The predicted molar refractivity (Wildman–Crippen MR) is 131 cm³/mol. The van der Waals surface area contributed by atoms with Crippen LogP contribution in [-0.2, 0) is 14.4 Å². The van der Waals surface area contributed by atoms with Crippen molar-refractivity contribution in [3.8, 4) is 0 Å². The number of rotatable bonds is 7. The summed E-state index contributed by atoms with van der Waals surface area (Å²) in [5.41, 5.74) is 0.866. The number of benzene rings is 1.